The summed E-state index contributed by atoms with van der Waals surface area (Å²) in [7, 11) is 2.12. The van der Waals surface area contributed by atoms with Crippen LogP contribution < -0.4 is 0 Å². The molecule has 2 heterocycles. The molecule has 1 aromatic heterocycles. The predicted molar refractivity (Wildman–Crippen MR) is 94.7 cm³/mol. The van der Waals surface area contributed by atoms with Gasteiger partial charge in [-0.1, -0.05) is 24.3 Å². The normalized spacial score (nSPS) is 24.7. The molecule has 23 heavy (non-hydrogen) atoms. The Labute approximate surface area is 146 Å². The molecule has 1 aromatic carbocycles. The average molecular weight is 350 g/mol. The molecule has 1 saturated heterocycles. The molecule has 0 radical (unpaired) electrons. The average Bonchev–Trinajstić information content (AvgIpc) is 3.04. The van der Waals surface area contributed by atoms with Crippen LogP contribution in [0.1, 0.15) is 39.2 Å². The van der Waals surface area contributed by atoms with Crippen molar-refractivity contribution in [1.29, 1.82) is 0 Å². The van der Waals surface area contributed by atoms with E-state index >= 15 is 0 Å². The molecule has 0 bridgehead atoms. The number of benzene rings is 1. The maximum Gasteiger partial charge on any atom is 0.203 e. The molecule has 2 aliphatic rings. The molecular formula is C18H20ClNO2S. The lowest BCUT2D eigenvalue weighted by Crippen LogP contribution is -2.46. The number of rotatable bonds is 1. The highest BCUT2D eigenvalue weighted by molar-refractivity contribution is 7.12. The second kappa shape index (κ2) is 6.02. The summed E-state index contributed by atoms with van der Waals surface area (Å²) < 4.78 is 0. The van der Waals surface area contributed by atoms with E-state index in [-0.39, 0.29) is 24.1 Å². The van der Waals surface area contributed by atoms with Crippen LogP contribution in [0.15, 0.2) is 35.7 Å². The van der Waals surface area contributed by atoms with Gasteiger partial charge in [-0.05, 0) is 55.9 Å². The van der Waals surface area contributed by atoms with Crippen LogP contribution in [0.2, 0.25) is 0 Å². The third kappa shape index (κ3) is 2.36. The number of aliphatic hydroxyl groups is 1. The third-order valence-electron chi connectivity index (χ3n) is 5.17. The smallest absolute Gasteiger partial charge is 0.203 e. The zero-order valence-corrected chi connectivity index (χ0v) is 14.6. The number of carbonyl (C=O) groups is 1. The zero-order chi connectivity index (χ0) is 15.3. The van der Waals surface area contributed by atoms with Crippen molar-refractivity contribution in [2.75, 3.05) is 20.1 Å². The molecule has 0 spiro atoms. The van der Waals surface area contributed by atoms with Gasteiger partial charge in [-0.3, -0.25) is 4.79 Å². The first kappa shape index (κ1) is 16.7. The molecule has 3 nitrogen and oxygen atoms in total. The van der Waals surface area contributed by atoms with E-state index < -0.39 is 5.60 Å². The molecule has 1 fully saturated rings. The van der Waals surface area contributed by atoms with Crippen molar-refractivity contribution in [1.82, 2.24) is 4.90 Å². The van der Waals surface area contributed by atoms with E-state index in [1.54, 1.807) is 0 Å². The summed E-state index contributed by atoms with van der Waals surface area (Å²) in [6.07, 6.45) is 1.90. The Morgan fingerprint density at radius 2 is 1.87 bits per heavy atom. The van der Waals surface area contributed by atoms with Gasteiger partial charge in [0.25, 0.3) is 0 Å². The summed E-state index contributed by atoms with van der Waals surface area (Å²) in [5, 5.41) is 13.7. The summed E-state index contributed by atoms with van der Waals surface area (Å²) in [6, 6.07) is 9.51. The number of fused-ring (bicyclic) bond motifs is 2. The van der Waals surface area contributed by atoms with E-state index in [9.17, 15) is 9.90 Å². The van der Waals surface area contributed by atoms with E-state index in [4.69, 9.17) is 0 Å². The van der Waals surface area contributed by atoms with E-state index in [0.29, 0.717) is 10.4 Å². The molecule has 1 aliphatic carbocycles. The van der Waals surface area contributed by atoms with Gasteiger partial charge >= 0.3 is 0 Å². The lowest BCUT2D eigenvalue weighted by Gasteiger charge is -2.43. The molecule has 1 unspecified atom stereocenters. The first-order chi connectivity index (χ1) is 10.6. The molecular weight excluding hydrogens is 330 g/mol. The molecule has 5 heteroatoms. The van der Waals surface area contributed by atoms with E-state index in [1.165, 1.54) is 11.3 Å². The summed E-state index contributed by atoms with van der Waals surface area (Å²) in [6.45, 7) is 1.98. The standard InChI is InChI=1S/C18H19NO2S.ClH/c1-19-9-6-12(7-10-19)18(21)14-5-3-2-4-13(14)16(20)17-15(18)8-11-22-17;/h2-5,8,11-12,21H,6-7,9-10H2,1H3;1H. The summed E-state index contributed by atoms with van der Waals surface area (Å²) in [5.74, 6) is 0.213. The second-order valence-electron chi connectivity index (χ2n) is 6.38. The molecule has 1 aliphatic heterocycles. The monoisotopic (exact) mass is 349 g/mol. The van der Waals surface area contributed by atoms with Crippen LogP contribution in [-0.4, -0.2) is 35.9 Å². The molecule has 2 aromatic rings. The number of nitrogens with zero attached hydrogens (tertiary/aromatic N) is 1. The van der Waals surface area contributed by atoms with Crippen molar-refractivity contribution in [2.45, 2.75) is 18.4 Å². The summed E-state index contributed by atoms with van der Waals surface area (Å²) >= 11 is 1.44. The van der Waals surface area contributed by atoms with Crippen molar-refractivity contribution in [3.8, 4) is 0 Å². The SMILES string of the molecule is CN1CCC(C2(O)c3ccccc3C(=O)c3sccc32)CC1.Cl. The highest BCUT2D eigenvalue weighted by Crippen LogP contribution is 2.48. The number of thiophene rings is 1. The van der Waals surface area contributed by atoms with Crippen molar-refractivity contribution < 1.29 is 9.90 Å². The van der Waals surface area contributed by atoms with Crippen LogP contribution in [0.5, 0.6) is 0 Å². The Morgan fingerprint density at radius 1 is 1.17 bits per heavy atom. The van der Waals surface area contributed by atoms with Crippen LogP contribution in [0.25, 0.3) is 0 Å². The Balaban J connectivity index is 0.00000156. The van der Waals surface area contributed by atoms with Gasteiger partial charge in [-0.25, -0.2) is 0 Å². The van der Waals surface area contributed by atoms with Crippen LogP contribution in [0.4, 0.5) is 0 Å². The van der Waals surface area contributed by atoms with E-state index in [2.05, 4.69) is 11.9 Å². The fourth-order valence-electron chi connectivity index (χ4n) is 3.93. The Bertz CT molecular complexity index is 736. The molecule has 1 atom stereocenters. The van der Waals surface area contributed by atoms with Gasteiger partial charge in [0.05, 0.1) is 4.88 Å². The van der Waals surface area contributed by atoms with E-state index in [0.717, 1.165) is 37.1 Å². The van der Waals surface area contributed by atoms with Crippen LogP contribution >= 0.6 is 23.7 Å². The number of ketones is 1. The lowest BCUT2D eigenvalue weighted by molar-refractivity contribution is -0.0128. The minimum atomic E-state index is -1.03. The van der Waals surface area contributed by atoms with Crippen LogP contribution in [0.3, 0.4) is 0 Å². The fraction of sp³-hybridized carbons (Fsp3) is 0.389. The van der Waals surface area contributed by atoms with Crippen LogP contribution in [-0.2, 0) is 5.60 Å². The number of likely N-dealkylation sites (tertiary alicyclic amines) is 1. The molecule has 1 N–H and O–H groups in total. The number of piperidine rings is 1. The second-order valence-corrected chi connectivity index (χ2v) is 7.30. The Morgan fingerprint density at radius 3 is 2.61 bits per heavy atom. The van der Waals surface area contributed by atoms with Crippen molar-refractivity contribution in [2.24, 2.45) is 5.92 Å². The number of hydrogen-bond donors (Lipinski definition) is 1. The van der Waals surface area contributed by atoms with Gasteiger partial charge in [0.2, 0.25) is 5.78 Å². The highest BCUT2D eigenvalue weighted by Gasteiger charge is 2.48. The number of halogens is 1. The largest absolute Gasteiger partial charge is 0.380 e. The van der Waals surface area contributed by atoms with Gasteiger partial charge < -0.3 is 10.0 Å². The van der Waals surface area contributed by atoms with E-state index in [1.807, 2.05) is 35.7 Å². The molecule has 0 saturated carbocycles. The van der Waals surface area contributed by atoms with Crippen molar-refractivity contribution in [3.63, 3.8) is 0 Å². The maximum absolute atomic E-state index is 12.7. The third-order valence-corrected chi connectivity index (χ3v) is 6.09. The number of carbonyl (C=O) groups excluding carboxylic acids is 1. The van der Waals surface area contributed by atoms with Gasteiger partial charge in [-0.15, -0.1) is 23.7 Å². The quantitative estimate of drug-likeness (QED) is 0.858. The van der Waals surface area contributed by atoms with Gasteiger partial charge in [0.1, 0.15) is 5.60 Å². The Hall–Kier alpha value is -1.20. The summed E-state index contributed by atoms with van der Waals surface area (Å²) in [4.78, 5) is 15.7. The van der Waals surface area contributed by atoms with Crippen LogP contribution in [0, 0.1) is 5.92 Å². The first-order valence-corrected chi connectivity index (χ1v) is 8.63. The zero-order valence-electron chi connectivity index (χ0n) is 13.0. The Kier molecular flexibility index (Phi) is 4.36. The van der Waals surface area contributed by atoms with Crippen molar-refractivity contribution in [3.05, 3.63) is 57.3 Å². The fourth-order valence-corrected chi connectivity index (χ4v) is 4.84. The molecule has 0 amide bonds. The highest BCUT2D eigenvalue weighted by atomic mass is 35.5. The number of hydrogen-bond acceptors (Lipinski definition) is 4. The minimum Gasteiger partial charge on any atom is -0.380 e. The van der Waals surface area contributed by atoms with Gasteiger partial charge in [-0.2, -0.15) is 0 Å². The van der Waals surface area contributed by atoms with Crippen molar-refractivity contribution >= 4 is 29.5 Å². The summed E-state index contributed by atoms with van der Waals surface area (Å²) in [5.41, 5.74) is 1.25. The first-order valence-electron chi connectivity index (χ1n) is 7.75. The predicted octanol–water partition coefficient (Wildman–Crippen LogP) is 3.29. The van der Waals surface area contributed by atoms with Gasteiger partial charge in [0, 0.05) is 11.1 Å². The topological polar surface area (TPSA) is 40.5 Å². The lowest BCUT2D eigenvalue weighted by atomic mass is 9.67. The maximum atomic E-state index is 12.7. The van der Waals surface area contributed by atoms with Gasteiger partial charge in [0.15, 0.2) is 0 Å². The molecule has 122 valence electrons. The minimum absolute atomic E-state index is 0. The molecule has 4 rings (SSSR count).